The normalized spacial score (nSPS) is 37.7. The number of hydrogen-bond acceptors (Lipinski definition) is 22. The number of allylic oxidation sites excluding steroid dienone is 2. The van der Waals surface area contributed by atoms with E-state index >= 15 is 0 Å². The van der Waals surface area contributed by atoms with Gasteiger partial charge in [-0.1, -0.05) is 53.2 Å². The highest BCUT2D eigenvalue weighted by Crippen LogP contribution is 2.77. The van der Waals surface area contributed by atoms with Crippen molar-refractivity contribution in [1.82, 2.24) is 0 Å². The summed E-state index contributed by atoms with van der Waals surface area (Å²) in [7, 11) is 0. The zero-order valence-corrected chi connectivity index (χ0v) is 51.8. The maximum atomic E-state index is 13.5. The zero-order chi connectivity index (χ0) is 61.9. The van der Waals surface area contributed by atoms with Gasteiger partial charge in [0.1, 0.15) is 31.5 Å². The van der Waals surface area contributed by atoms with Gasteiger partial charge in [0.15, 0.2) is 49.2 Å². The van der Waals surface area contributed by atoms with Gasteiger partial charge in [-0.15, -0.1) is 0 Å². The SMILES string of the molecule is CC(=O)OCC1OC(OC[C@@](C)(CCC=C(C)C)C2CC[C@]3(C)C2C(OC(C)=O)CC2[C@@]4(C)CCC(OC5OC(COC(C)=O)C(OC(C)=O)C(OC(C)=O)C5OC(C)=O)C(C)(C)C4CC[C@]23C)C(OC(C)=O)C(OC(C)=O)C1OC(C)=O. The lowest BCUT2D eigenvalue weighted by molar-refractivity contribution is -0.335. The molecule has 0 N–H and O–H groups in total. The Bertz CT molecular complexity index is 2450. The summed E-state index contributed by atoms with van der Waals surface area (Å²) in [6.07, 6.45) is -5.96. The van der Waals surface area contributed by atoms with Crippen LogP contribution in [0.15, 0.2) is 11.6 Å². The molecule has 22 heteroatoms. The first-order valence-electron chi connectivity index (χ1n) is 29.3. The molecular formula is C61H92O22. The zero-order valence-electron chi connectivity index (χ0n) is 51.8. The average molecular weight is 1180 g/mol. The molecule has 0 bridgehead atoms. The molecule has 0 aromatic heterocycles. The summed E-state index contributed by atoms with van der Waals surface area (Å²) in [5, 5.41) is 0. The quantitative estimate of drug-likeness (QED) is 0.0493. The lowest BCUT2D eigenvalue weighted by Gasteiger charge is -2.71. The van der Waals surface area contributed by atoms with Gasteiger partial charge in [-0.05, 0) is 116 Å². The second-order valence-electron chi connectivity index (χ2n) is 25.9. The number of esters is 9. The van der Waals surface area contributed by atoms with Crippen LogP contribution in [0.4, 0.5) is 0 Å². The van der Waals surface area contributed by atoms with Gasteiger partial charge in [0.05, 0.1) is 12.7 Å². The Labute approximate surface area is 488 Å². The lowest BCUT2D eigenvalue weighted by atomic mass is 9.35. The van der Waals surface area contributed by atoms with E-state index in [0.717, 1.165) is 38.2 Å². The van der Waals surface area contributed by atoms with Crippen molar-refractivity contribution in [3.63, 3.8) is 0 Å². The van der Waals surface area contributed by atoms with Crippen molar-refractivity contribution in [1.29, 1.82) is 0 Å². The van der Waals surface area contributed by atoms with Gasteiger partial charge in [-0.3, -0.25) is 43.2 Å². The van der Waals surface area contributed by atoms with Crippen molar-refractivity contribution in [2.24, 2.45) is 50.7 Å². The van der Waals surface area contributed by atoms with Crippen molar-refractivity contribution < 1.29 is 105 Å². The highest BCUT2D eigenvalue weighted by Gasteiger charge is 2.72. The summed E-state index contributed by atoms with van der Waals surface area (Å²) in [6.45, 7) is 27.9. The van der Waals surface area contributed by atoms with E-state index in [1.54, 1.807) is 0 Å². The number of fused-ring (bicyclic) bond motifs is 5. The van der Waals surface area contributed by atoms with Crippen LogP contribution >= 0.6 is 0 Å². The van der Waals surface area contributed by atoms with Crippen LogP contribution in [0.25, 0.3) is 0 Å². The molecule has 0 aromatic rings. The highest BCUT2D eigenvalue weighted by molar-refractivity contribution is 5.70. The predicted octanol–water partition coefficient (Wildman–Crippen LogP) is 7.53. The molecular weight excluding hydrogens is 1080 g/mol. The molecule has 0 aromatic carbocycles. The van der Waals surface area contributed by atoms with Crippen LogP contribution in [-0.2, 0) is 105 Å². The molecule has 6 rings (SSSR count). The van der Waals surface area contributed by atoms with E-state index in [2.05, 4.69) is 47.6 Å². The molecule has 4 aliphatic carbocycles. The minimum atomic E-state index is -1.42. The predicted molar refractivity (Wildman–Crippen MR) is 291 cm³/mol. The molecule has 20 atom stereocenters. The molecule has 6 aliphatic rings. The van der Waals surface area contributed by atoms with E-state index in [9.17, 15) is 43.2 Å². The van der Waals surface area contributed by atoms with Gasteiger partial charge in [0.25, 0.3) is 0 Å². The lowest BCUT2D eigenvalue weighted by Crippen LogP contribution is -2.68. The van der Waals surface area contributed by atoms with E-state index in [1.807, 2.05) is 13.8 Å². The second-order valence-corrected chi connectivity index (χ2v) is 25.9. The number of hydrogen-bond donors (Lipinski definition) is 0. The highest BCUT2D eigenvalue weighted by atomic mass is 16.8. The van der Waals surface area contributed by atoms with E-state index in [1.165, 1.54) is 55.4 Å². The Balaban J connectivity index is 1.35. The molecule has 468 valence electrons. The molecule has 2 heterocycles. The van der Waals surface area contributed by atoms with Crippen LogP contribution in [0, 0.1) is 50.7 Å². The van der Waals surface area contributed by atoms with Gasteiger partial charge in [-0.25, -0.2) is 0 Å². The van der Waals surface area contributed by atoms with Crippen molar-refractivity contribution in [2.75, 3.05) is 19.8 Å². The van der Waals surface area contributed by atoms with Crippen LogP contribution in [0.3, 0.4) is 0 Å². The van der Waals surface area contributed by atoms with Gasteiger partial charge in [-0.2, -0.15) is 0 Å². The number of carbonyl (C=O) groups excluding carboxylic acids is 9. The van der Waals surface area contributed by atoms with Crippen LogP contribution in [0.5, 0.6) is 0 Å². The number of rotatable bonds is 20. The minimum absolute atomic E-state index is 0.0381. The average Bonchev–Trinajstić information content (AvgIpc) is 1.70. The first-order chi connectivity index (χ1) is 38.6. The molecule has 16 unspecified atom stereocenters. The monoisotopic (exact) mass is 1180 g/mol. The maximum Gasteiger partial charge on any atom is 0.303 e. The van der Waals surface area contributed by atoms with Crippen LogP contribution < -0.4 is 0 Å². The first-order valence-corrected chi connectivity index (χ1v) is 29.3. The van der Waals surface area contributed by atoms with Crippen molar-refractivity contribution in [3.8, 4) is 0 Å². The van der Waals surface area contributed by atoms with Crippen molar-refractivity contribution in [2.45, 2.75) is 249 Å². The smallest absolute Gasteiger partial charge is 0.303 e. The molecule has 6 fully saturated rings. The van der Waals surface area contributed by atoms with Crippen molar-refractivity contribution in [3.05, 3.63) is 11.6 Å². The van der Waals surface area contributed by atoms with Crippen molar-refractivity contribution >= 4 is 53.7 Å². The Morgan fingerprint density at radius 3 is 1.42 bits per heavy atom. The summed E-state index contributed by atoms with van der Waals surface area (Å²) >= 11 is 0. The number of carbonyl (C=O) groups is 9. The summed E-state index contributed by atoms with van der Waals surface area (Å²) < 4.78 is 78.5. The van der Waals surface area contributed by atoms with Crippen LogP contribution in [-0.4, -0.2) is 147 Å². The van der Waals surface area contributed by atoms with E-state index in [4.69, 9.17) is 61.6 Å². The van der Waals surface area contributed by atoms with Gasteiger partial charge in [0, 0.05) is 68.2 Å². The fraction of sp³-hybridized carbons (Fsp3) is 0.820. The summed E-state index contributed by atoms with van der Waals surface area (Å²) in [5.74, 6) is -6.29. The Hall–Kier alpha value is -5.19. The van der Waals surface area contributed by atoms with Crippen LogP contribution in [0.2, 0.25) is 0 Å². The molecule has 0 radical (unpaired) electrons. The van der Waals surface area contributed by atoms with Gasteiger partial charge >= 0.3 is 53.7 Å². The minimum Gasteiger partial charge on any atom is -0.463 e. The fourth-order valence-electron chi connectivity index (χ4n) is 16.2. The Morgan fingerprint density at radius 1 is 0.506 bits per heavy atom. The van der Waals surface area contributed by atoms with E-state index < -0.39 is 145 Å². The second kappa shape index (κ2) is 26.6. The topological polar surface area (TPSA) is 274 Å². The molecule has 0 amide bonds. The summed E-state index contributed by atoms with van der Waals surface area (Å²) in [4.78, 5) is 114. The fourth-order valence-corrected chi connectivity index (χ4v) is 16.2. The van der Waals surface area contributed by atoms with E-state index in [0.29, 0.717) is 32.1 Å². The maximum absolute atomic E-state index is 13.5. The summed E-state index contributed by atoms with van der Waals surface area (Å²) in [6, 6.07) is 0. The molecule has 83 heavy (non-hydrogen) atoms. The molecule has 22 nitrogen and oxygen atoms in total. The largest absolute Gasteiger partial charge is 0.463 e. The third kappa shape index (κ3) is 14.7. The molecule has 2 aliphatic heterocycles. The van der Waals surface area contributed by atoms with E-state index in [-0.39, 0.29) is 53.1 Å². The van der Waals surface area contributed by atoms with Crippen LogP contribution in [0.1, 0.15) is 175 Å². The molecule has 0 spiro atoms. The third-order valence-corrected chi connectivity index (χ3v) is 19.6. The Kier molecular flexibility index (Phi) is 21.5. The standard InChI is InChI=1S/C61H92O22/c1-31(2)19-18-23-58(14,30-73-55-53(79-39(10)69)51(77-37(8)67)49(75-35(6)65)43(81-55)28-71-32(3)62)41-20-25-61(17)48(41)42(74-34(5)64)27-46-59(15)24-22-47(57(12,13)45(59)21-26-60(46,61)16)83-56-54(80-40(11)70)52(78-38(9)68)50(76-36(7)66)44(82-56)29-72-33(4)63/h19,41-56H,18,20-30H2,1-17H3/t41?,42?,43?,44?,45?,46?,47?,48?,49?,50?,51?,52?,53?,54?,55?,56?,58-,59+,60-,61-/m1/s1. The molecule has 4 saturated carbocycles. The van der Waals surface area contributed by atoms with Gasteiger partial charge in [0.2, 0.25) is 0 Å². The molecule has 2 saturated heterocycles. The third-order valence-electron chi connectivity index (χ3n) is 19.6. The number of ether oxygens (including phenoxy) is 13. The first kappa shape index (κ1) is 66.9. The summed E-state index contributed by atoms with van der Waals surface area (Å²) in [5.41, 5.74) is -1.10. The Morgan fingerprint density at radius 2 is 0.952 bits per heavy atom. The van der Waals surface area contributed by atoms with Gasteiger partial charge < -0.3 is 61.6 Å².